The summed E-state index contributed by atoms with van der Waals surface area (Å²) in [7, 11) is 0. The molecule has 0 fully saturated rings. The normalized spacial score (nSPS) is 12.2. The molecule has 0 radical (unpaired) electrons. The van der Waals surface area contributed by atoms with Crippen molar-refractivity contribution in [1.82, 2.24) is 5.32 Å². The van der Waals surface area contributed by atoms with Gasteiger partial charge in [-0.2, -0.15) is 0 Å². The van der Waals surface area contributed by atoms with Crippen LogP contribution in [0, 0.1) is 0 Å². The molecule has 1 heterocycles. The molecule has 0 atom stereocenters. The Morgan fingerprint density at radius 2 is 1.71 bits per heavy atom. The molecule has 1 N–H and O–H groups in total. The molecule has 146 valence electrons. The Kier molecular flexibility index (Phi) is 6.26. The molecule has 1 aliphatic heterocycles. The molecule has 3 rings (SSSR count). The van der Waals surface area contributed by atoms with Gasteiger partial charge in [0.25, 0.3) is 5.91 Å². The van der Waals surface area contributed by atoms with Gasteiger partial charge in [0.05, 0.1) is 5.56 Å². The lowest BCUT2D eigenvalue weighted by Crippen LogP contribution is -2.29. The second-order valence-electron chi connectivity index (χ2n) is 6.16. The Hall–Kier alpha value is -3.35. The smallest absolute Gasteiger partial charge is 0.339 e. The van der Waals surface area contributed by atoms with E-state index in [4.69, 9.17) is 14.2 Å². The first-order chi connectivity index (χ1) is 13.6. The van der Waals surface area contributed by atoms with Gasteiger partial charge in [-0.15, -0.1) is 0 Å². The summed E-state index contributed by atoms with van der Waals surface area (Å²) in [6.45, 7) is 2.90. The summed E-state index contributed by atoms with van der Waals surface area (Å²) in [5.74, 6) is -0.391. The second kappa shape index (κ2) is 9.03. The fraction of sp³-hybridized carbons (Fsp3) is 0.286. The molecule has 1 amide bonds. The van der Waals surface area contributed by atoms with E-state index < -0.39 is 12.6 Å². The third kappa shape index (κ3) is 4.49. The van der Waals surface area contributed by atoms with Gasteiger partial charge < -0.3 is 19.5 Å². The van der Waals surface area contributed by atoms with Gasteiger partial charge in [0.15, 0.2) is 23.9 Å². The molecule has 1 aliphatic rings. The number of benzene rings is 2. The predicted octanol–water partition coefficient (Wildman–Crippen LogP) is 2.37. The van der Waals surface area contributed by atoms with Crippen molar-refractivity contribution < 1.29 is 28.6 Å². The van der Waals surface area contributed by atoms with Crippen LogP contribution >= 0.6 is 0 Å². The molecule has 0 saturated heterocycles. The van der Waals surface area contributed by atoms with Gasteiger partial charge in [0.1, 0.15) is 13.2 Å². The minimum atomic E-state index is -0.729. The fourth-order valence-electron chi connectivity index (χ4n) is 2.72. The third-order valence-electron chi connectivity index (χ3n) is 4.10. The average Bonchev–Trinajstić information content (AvgIpc) is 2.75. The number of carbonyl (C=O) groups is 3. The molecule has 0 unspecified atom stereocenters. The number of ether oxygens (including phenoxy) is 3. The van der Waals surface area contributed by atoms with Crippen molar-refractivity contribution in [2.45, 2.75) is 13.3 Å². The van der Waals surface area contributed by atoms with Crippen LogP contribution in [0.2, 0.25) is 0 Å². The molecule has 2 aromatic rings. The van der Waals surface area contributed by atoms with E-state index in [2.05, 4.69) is 5.32 Å². The molecule has 0 aliphatic carbocycles. The monoisotopic (exact) mass is 383 g/mol. The molecule has 0 spiro atoms. The van der Waals surface area contributed by atoms with Crippen LogP contribution in [0.5, 0.6) is 11.5 Å². The van der Waals surface area contributed by atoms with Crippen molar-refractivity contribution in [3.8, 4) is 11.5 Å². The highest BCUT2D eigenvalue weighted by atomic mass is 16.6. The molecule has 0 aromatic heterocycles. The van der Waals surface area contributed by atoms with Gasteiger partial charge in [0.2, 0.25) is 0 Å². The quantitative estimate of drug-likeness (QED) is 0.583. The summed E-state index contributed by atoms with van der Waals surface area (Å²) in [6, 6.07) is 11.2. The zero-order chi connectivity index (χ0) is 19.9. The molecule has 0 saturated carbocycles. The fourth-order valence-corrected chi connectivity index (χ4v) is 2.72. The number of hydrogen-bond donors (Lipinski definition) is 1. The highest BCUT2D eigenvalue weighted by Gasteiger charge is 2.21. The van der Waals surface area contributed by atoms with Gasteiger partial charge in [-0.05, 0) is 30.7 Å². The van der Waals surface area contributed by atoms with Crippen LogP contribution in [0.25, 0.3) is 0 Å². The Morgan fingerprint density at radius 3 is 2.46 bits per heavy atom. The zero-order valence-electron chi connectivity index (χ0n) is 15.5. The molecular formula is C21H21NO6. The minimum absolute atomic E-state index is 0.102. The lowest BCUT2D eigenvalue weighted by atomic mass is 9.98. The van der Waals surface area contributed by atoms with Crippen molar-refractivity contribution in [3.05, 3.63) is 59.2 Å². The van der Waals surface area contributed by atoms with E-state index >= 15 is 0 Å². The Bertz CT molecular complexity index is 892. The summed E-state index contributed by atoms with van der Waals surface area (Å²) in [6.07, 6.45) is 0.784. The molecular weight excluding hydrogens is 362 g/mol. The third-order valence-corrected chi connectivity index (χ3v) is 4.10. The van der Waals surface area contributed by atoms with Crippen LogP contribution in [0.1, 0.15) is 39.6 Å². The first-order valence-corrected chi connectivity index (χ1v) is 9.07. The van der Waals surface area contributed by atoms with Crippen LogP contribution in [-0.4, -0.2) is 44.0 Å². The van der Waals surface area contributed by atoms with Crippen LogP contribution in [0.3, 0.4) is 0 Å². The number of amides is 1. The van der Waals surface area contributed by atoms with E-state index in [1.165, 1.54) is 6.07 Å². The summed E-state index contributed by atoms with van der Waals surface area (Å²) in [5, 5.41) is 2.62. The lowest BCUT2D eigenvalue weighted by molar-refractivity contribution is -0.124. The van der Waals surface area contributed by atoms with Crippen molar-refractivity contribution in [2.75, 3.05) is 26.4 Å². The molecule has 28 heavy (non-hydrogen) atoms. The lowest BCUT2D eigenvalue weighted by Gasteiger charge is -2.18. The maximum Gasteiger partial charge on any atom is 0.339 e. The number of fused-ring (bicyclic) bond motifs is 1. The van der Waals surface area contributed by atoms with E-state index in [9.17, 15) is 14.4 Å². The Balaban J connectivity index is 1.77. The molecule has 7 nitrogen and oxygen atoms in total. The van der Waals surface area contributed by atoms with Crippen LogP contribution < -0.4 is 14.8 Å². The SMILES string of the molecule is CCCNC(=O)COC(=O)c1ccccc1C(=O)c1ccc2c(c1)OCCO2. The topological polar surface area (TPSA) is 90.9 Å². The average molecular weight is 383 g/mol. The maximum atomic E-state index is 13.0. The van der Waals surface area contributed by atoms with E-state index in [0.29, 0.717) is 36.8 Å². The number of ketones is 1. The molecule has 0 bridgehead atoms. The number of carbonyl (C=O) groups excluding carboxylic acids is 3. The number of nitrogens with one attached hydrogen (secondary N) is 1. The Morgan fingerprint density at radius 1 is 1.00 bits per heavy atom. The van der Waals surface area contributed by atoms with Gasteiger partial charge in [-0.3, -0.25) is 9.59 Å². The van der Waals surface area contributed by atoms with E-state index in [1.807, 2.05) is 6.92 Å². The van der Waals surface area contributed by atoms with E-state index in [-0.39, 0.29) is 22.8 Å². The molecule has 7 heteroatoms. The van der Waals surface area contributed by atoms with Crippen molar-refractivity contribution in [3.63, 3.8) is 0 Å². The maximum absolute atomic E-state index is 13.0. The van der Waals surface area contributed by atoms with Gasteiger partial charge in [0, 0.05) is 17.7 Å². The summed E-state index contributed by atoms with van der Waals surface area (Å²) >= 11 is 0. The van der Waals surface area contributed by atoms with E-state index in [1.54, 1.807) is 36.4 Å². The highest BCUT2D eigenvalue weighted by Crippen LogP contribution is 2.31. The number of esters is 1. The van der Waals surface area contributed by atoms with Crippen LogP contribution in [0.4, 0.5) is 0 Å². The van der Waals surface area contributed by atoms with Gasteiger partial charge in [-0.25, -0.2) is 4.79 Å². The summed E-state index contributed by atoms with van der Waals surface area (Å²) < 4.78 is 16.0. The summed E-state index contributed by atoms with van der Waals surface area (Å²) in [4.78, 5) is 37.0. The zero-order valence-corrected chi connectivity index (χ0v) is 15.5. The molecule has 2 aromatic carbocycles. The van der Waals surface area contributed by atoms with Crippen molar-refractivity contribution in [1.29, 1.82) is 0 Å². The number of rotatable bonds is 7. The number of hydrogen-bond acceptors (Lipinski definition) is 6. The van der Waals surface area contributed by atoms with Gasteiger partial charge >= 0.3 is 5.97 Å². The highest BCUT2D eigenvalue weighted by molar-refractivity contribution is 6.14. The van der Waals surface area contributed by atoms with Crippen molar-refractivity contribution in [2.24, 2.45) is 0 Å². The van der Waals surface area contributed by atoms with Crippen molar-refractivity contribution >= 4 is 17.7 Å². The Labute approximate surface area is 162 Å². The first kappa shape index (κ1) is 19.4. The standard InChI is InChI=1S/C21H21NO6/c1-2-9-22-19(23)13-28-21(25)16-6-4-3-5-15(16)20(24)14-7-8-17-18(12-14)27-11-10-26-17/h3-8,12H,2,9-11,13H2,1H3,(H,22,23). The predicted molar refractivity (Wildman–Crippen MR) is 101 cm³/mol. The van der Waals surface area contributed by atoms with Crippen LogP contribution in [-0.2, 0) is 9.53 Å². The van der Waals surface area contributed by atoms with Crippen LogP contribution in [0.15, 0.2) is 42.5 Å². The first-order valence-electron chi connectivity index (χ1n) is 9.07. The van der Waals surface area contributed by atoms with Gasteiger partial charge in [-0.1, -0.05) is 25.1 Å². The minimum Gasteiger partial charge on any atom is -0.486 e. The second-order valence-corrected chi connectivity index (χ2v) is 6.16. The largest absolute Gasteiger partial charge is 0.486 e. The summed E-state index contributed by atoms with van der Waals surface area (Å²) in [5.41, 5.74) is 0.661. The van der Waals surface area contributed by atoms with E-state index in [0.717, 1.165) is 6.42 Å².